The molecule has 0 bridgehead atoms. The van der Waals surface area contributed by atoms with Crippen LogP contribution in [0.1, 0.15) is 29.8 Å². The van der Waals surface area contributed by atoms with Crippen LogP contribution in [0.4, 0.5) is 5.82 Å². The zero-order valence-corrected chi connectivity index (χ0v) is 14.6. The van der Waals surface area contributed by atoms with Gasteiger partial charge in [0.25, 0.3) is 0 Å². The number of hydrogen-bond acceptors (Lipinski definition) is 6. The van der Waals surface area contributed by atoms with E-state index in [9.17, 15) is 4.79 Å². The maximum Gasteiger partial charge on any atom is 0.337 e. The van der Waals surface area contributed by atoms with Gasteiger partial charge in [0.05, 0.1) is 30.0 Å². The van der Waals surface area contributed by atoms with Gasteiger partial charge in [-0.05, 0) is 43.7 Å². The molecular formula is C17H18ClN3O4. The molecule has 2 rings (SSSR count). The molecule has 0 fully saturated rings. The molecule has 0 atom stereocenters. The Morgan fingerprint density at radius 1 is 1.32 bits per heavy atom. The minimum atomic E-state index is -1.03. The van der Waals surface area contributed by atoms with Crippen molar-refractivity contribution < 1.29 is 19.4 Å². The number of anilines is 1. The van der Waals surface area contributed by atoms with E-state index < -0.39 is 5.97 Å². The van der Waals surface area contributed by atoms with Crippen LogP contribution < -0.4 is 14.9 Å². The lowest BCUT2D eigenvalue weighted by Crippen LogP contribution is -2.01. The van der Waals surface area contributed by atoms with Crippen molar-refractivity contribution in [3.05, 3.63) is 46.6 Å². The fourth-order valence-electron chi connectivity index (χ4n) is 1.97. The average molecular weight is 364 g/mol. The van der Waals surface area contributed by atoms with Crippen LogP contribution in [0.25, 0.3) is 0 Å². The van der Waals surface area contributed by atoms with Crippen molar-refractivity contribution in [1.82, 2.24) is 4.98 Å². The van der Waals surface area contributed by atoms with E-state index >= 15 is 0 Å². The molecule has 1 aromatic carbocycles. The lowest BCUT2D eigenvalue weighted by atomic mass is 10.2. The summed E-state index contributed by atoms with van der Waals surface area (Å²) < 4.78 is 11.1. The van der Waals surface area contributed by atoms with Crippen LogP contribution in [0.15, 0.2) is 35.6 Å². The first-order chi connectivity index (χ1) is 12.0. The fourth-order valence-corrected chi connectivity index (χ4v) is 2.24. The van der Waals surface area contributed by atoms with E-state index in [1.807, 2.05) is 13.8 Å². The Hall–Kier alpha value is -2.80. The van der Waals surface area contributed by atoms with Crippen molar-refractivity contribution in [3.63, 3.8) is 0 Å². The number of carboxylic acids is 1. The molecule has 25 heavy (non-hydrogen) atoms. The third-order valence-corrected chi connectivity index (χ3v) is 3.30. The minimum absolute atomic E-state index is 0.106. The number of carbonyl (C=O) groups is 1. The highest BCUT2D eigenvalue weighted by atomic mass is 35.5. The number of ether oxygens (including phenoxy) is 2. The van der Waals surface area contributed by atoms with Crippen molar-refractivity contribution in [2.45, 2.75) is 13.8 Å². The number of benzene rings is 1. The van der Waals surface area contributed by atoms with Gasteiger partial charge in [-0.1, -0.05) is 11.6 Å². The second-order valence-corrected chi connectivity index (χ2v) is 5.21. The SMILES string of the molecule is CCOc1cc(/C=N/Nc2ccc(C(=O)O)cn2)cc(Cl)c1OCC. The van der Waals surface area contributed by atoms with E-state index in [1.165, 1.54) is 18.3 Å². The first-order valence-corrected chi connectivity index (χ1v) is 8.00. The summed E-state index contributed by atoms with van der Waals surface area (Å²) in [5.41, 5.74) is 3.54. The van der Waals surface area contributed by atoms with Crippen molar-refractivity contribution in [2.75, 3.05) is 18.6 Å². The predicted molar refractivity (Wildman–Crippen MR) is 96.2 cm³/mol. The number of aromatic carboxylic acids is 1. The van der Waals surface area contributed by atoms with Gasteiger partial charge in [-0.25, -0.2) is 9.78 Å². The summed E-state index contributed by atoms with van der Waals surface area (Å²) in [4.78, 5) is 14.7. The number of nitrogens with zero attached hydrogens (tertiary/aromatic N) is 2. The number of carboxylic acid groups (broad SMARTS) is 1. The van der Waals surface area contributed by atoms with Gasteiger partial charge in [0.1, 0.15) is 5.82 Å². The molecule has 0 spiro atoms. The first-order valence-electron chi connectivity index (χ1n) is 7.62. The van der Waals surface area contributed by atoms with Crippen LogP contribution in [0, 0.1) is 0 Å². The van der Waals surface area contributed by atoms with Crippen LogP contribution in [0.2, 0.25) is 5.02 Å². The molecule has 0 saturated carbocycles. The zero-order chi connectivity index (χ0) is 18.2. The first kappa shape index (κ1) is 18.5. The maximum atomic E-state index is 10.8. The standard InChI is InChI=1S/C17H18ClN3O4/c1-3-24-14-8-11(7-13(18)16(14)25-4-2)9-20-21-15-6-5-12(10-19-15)17(22)23/h5-10H,3-4H2,1-2H3,(H,19,21)(H,22,23)/b20-9+. The van der Waals surface area contributed by atoms with Gasteiger partial charge < -0.3 is 14.6 Å². The van der Waals surface area contributed by atoms with Crippen molar-refractivity contribution in [1.29, 1.82) is 0 Å². The van der Waals surface area contributed by atoms with E-state index in [1.54, 1.807) is 18.3 Å². The molecule has 0 radical (unpaired) electrons. The van der Waals surface area contributed by atoms with E-state index in [0.717, 1.165) is 0 Å². The minimum Gasteiger partial charge on any atom is -0.490 e. The smallest absolute Gasteiger partial charge is 0.337 e. The molecule has 0 aliphatic carbocycles. The molecule has 7 nitrogen and oxygen atoms in total. The molecule has 0 saturated heterocycles. The monoisotopic (exact) mass is 363 g/mol. The Kier molecular flexibility index (Phi) is 6.59. The Labute approximate surface area is 150 Å². The summed E-state index contributed by atoms with van der Waals surface area (Å²) in [6, 6.07) is 6.44. The lowest BCUT2D eigenvalue weighted by molar-refractivity contribution is 0.0696. The molecular weight excluding hydrogens is 346 g/mol. The van der Waals surface area contributed by atoms with E-state index in [-0.39, 0.29) is 5.56 Å². The summed E-state index contributed by atoms with van der Waals surface area (Å²) in [5.74, 6) is 0.433. The van der Waals surface area contributed by atoms with E-state index in [4.69, 9.17) is 26.2 Å². The molecule has 0 aliphatic heterocycles. The Balaban J connectivity index is 2.13. The number of pyridine rings is 1. The van der Waals surface area contributed by atoms with Crippen LogP contribution in [-0.4, -0.2) is 35.5 Å². The van der Waals surface area contributed by atoms with E-state index in [2.05, 4.69) is 15.5 Å². The summed E-state index contributed by atoms with van der Waals surface area (Å²) in [6.45, 7) is 4.70. The number of nitrogens with one attached hydrogen (secondary N) is 1. The van der Waals surface area contributed by atoms with Gasteiger partial charge in [-0.2, -0.15) is 5.10 Å². The highest BCUT2D eigenvalue weighted by Crippen LogP contribution is 2.36. The van der Waals surface area contributed by atoms with Crippen molar-refractivity contribution in [2.24, 2.45) is 5.10 Å². The molecule has 1 heterocycles. The molecule has 8 heteroatoms. The van der Waals surface area contributed by atoms with Gasteiger partial charge in [-0.3, -0.25) is 5.43 Å². The quantitative estimate of drug-likeness (QED) is 0.549. The normalized spacial score (nSPS) is 10.7. The van der Waals surface area contributed by atoms with Crippen molar-refractivity contribution in [3.8, 4) is 11.5 Å². The second-order valence-electron chi connectivity index (χ2n) is 4.80. The number of hydrogen-bond donors (Lipinski definition) is 2. The molecule has 0 aliphatic rings. The van der Waals surface area contributed by atoms with Gasteiger partial charge in [0, 0.05) is 6.20 Å². The molecule has 2 N–H and O–H groups in total. The number of aromatic nitrogens is 1. The Bertz CT molecular complexity index is 763. The topological polar surface area (TPSA) is 93.0 Å². The van der Waals surface area contributed by atoms with Crippen LogP contribution >= 0.6 is 11.6 Å². The average Bonchev–Trinajstić information content (AvgIpc) is 2.59. The predicted octanol–water partition coefficient (Wildman–Crippen LogP) is 3.68. The van der Waals surface area contributed by atoms with Crippen LogP contribution in [0.5, 0.6) is 11.5 Å². The van der Waals surface area contributed by atoms with Gasteiger partial charge in [0.2, 0.25) is 0 Å². The fraction of sp³-hybridized carbons (Fsp3) is 0.235. The van der Waals surface area contributed by atoms with Crippen LogP contribution in [0.3, 0.4) is 0 Å². The number of halogens is 1. The largest absolute Gasteiger partial charge is 0.490 e. The molecule has 0 unspecified atom stereocenters. The van der Waals surface area contributed by atoms with Crippen molar-refractivity contribution >= 4 is 29.6 Å². The summed E-state index contributed by atoms with van der Waals surface area (Å²) in [5, 5.41) is 13.3. The molecule has 0 amide bonds. The third kappa shape index (κ3) is 5.09. The van der Waals surface area contributed by atoms with Gasteiger partial charge in [0.15, 0.2) is 11.5 Å². The van der Waals surface area contributed by atoms with Gasteiger partial charge in [-0.15, -0.1) is 0 Å². The number of hydrazone groups is 1. The number of rotatable bonds is 8. The Morgan fingerprint density at radius 2 is 2.08 bits per heavy atom. The third-order valence-electron chi connectivity index (χ3n) is 3.02. The Morgan fingerprint density at radius 3 is 2.68 bits per heavy atom. The molecule has 2 aromatic rings. The summed E-state index contributed by atoms with van der Waals surface area (Å²) in [6.07, 6.45) is 2.80. The highest BCUT2D eigenvalue weighted by molar-refractivity contribution is 6.32. The molecule has 1 aromatic heterocycles. The van der Waals surface area contributed by atoms with E-state index in [0.29, 0.717) is 41.1 Å². The van der Waals surface area contributed by atoms with Gasteiger partial charge >= 0.3 is 5.97 Å². The zero-order valence-electron chi connectivity index (χ0n) is 13.8. The lowest BCUT2D eigenvalue weighted by Gasteiger charge is -2.13. The maximum absolute atomic E-state index is 10.8. The molecule has 132 valence electrons. The van der Waals surface area contributed by atoms with Crippen LogP contribution in [-0.2, 0) is 0 Å². The highest BCUT2D eigenvalue weighted by Gasteiger charge is 2.11. The second kappa shape index (κ2) is 8.89. The summed E-state index contributed by atoms with van der Waals surface area (Å²) in [7, 11) is 0. The summed E-state index contributed by atoms with van der Waals surface area (Å²) >= 11 is 6.24.